The average Bonchev–Trinajstić information content (AvgIpc) is 1.85. The Hall–Kier alpha value is -0.120. The highest BCUT2D eigenvalue weighted by Gasteiger charge is 2.28. The quantitative estimate of drug-likeness (QED) is 0.374. The zero-order chi connectivity index (χ0) is 6.15. The van der Waals surface area contributed by atoms with Crippen molar-refractivity contribution in [1.82, 2.24) is 0 Å². The molecule has 1 aliphatic carbocycles. The summed E-state index contributed by atoms with van der Waals surface area (Å²) >= 11 is 0. The van der Waals surface area contributed by atoms with Crippen molar-refractivity contribution in [3.8, 4) is 0 Å². The van der Waals surface area contributed by atoms with E-state index in [0.29, 0.717) is 12.8 Å². The molecule has 0 saturated heterocycles. The third-order valence-electron chi connectivity index (χ3n) is 1.53. The van der Waals surface area contributed by atoms with Crippen molar-refractivity contribution in [3.63, 3.8) is 0 Å². The van der Waals surface area contributed by atoms with Crippen molar-refractivity contribution in [2.24, 2.45) is 5.73 Å². The minimum atomic E-state index is -0.579. The van der Waals surface area contributed by atoms with Gasteiger partial charge in [-0.1, -0.05) is 0 Å². The van der Waals surface area contributed by atoms with E-state index in [1.165, 1.54) is 0 Å². The Morgan fingerprint density at radius 3 is 1.62 bits per heavy atom. The molecule has 1 saturated carbocycles. The Morgan fingerprint density at radius 2 is 1.50 bits per heavy atom. The van der Waals surface area contributed by atoms with E-state index in [4.69, 9.17) is 15.9 Å². The Bertz CT molecular complexity index is 76.5. The summed E-state index contributed by atoms with van der Waals surface area (Å²) in [5, 5.41) is 17.7. The van der Waals surface area contributed by atoms with Gasteiger partial charge in [0.25, 0.3) is 0 Å². The van der Waals surface area contributed by atoms with Crippen LogP contribution in [0.25, 0.3) is 0 Å². The second-order valence-corrected chi connectivity index (χ2v) is 2.37. The van der Waals surface area contributed by atoms with E-state index in [0.717, 1.165) is 0 Å². The van der Waals surface area contributed by atoms with Gasteiger partial charge in [0.2, 0.25) is 0 Å². The molecule has 0 radical (unpaired) electrons. The predicted octanol–water partition coefficient (Wildman–Crippen LogP) is -1.17. The molecule has 3 atom stereocenters. The monoisotopic (exact) mass is 117 g/mol. The van der Waals surface area contributed by atoms with Gasteiger partial charge in [-0.05, 0) is 12.8 Å². The van der Waals surface area contributed by atoms with Crippen LogP contribution in [0.5, 0.6) is 0 Å². The summed E-state index contributed by atoms with van der Waals surface area (Å²) in [6.07, 6.45) is -0.0718. The second kappa shape index (κ2) is 2.01. The van der Waals surface area contributed by atoms with Gasteiger partial charge in [0, 0.05) is 6.04 Å². The number of rotatable bonds is 0. The molecule has 3 heteroatoms. The third-order valence-corrected chi connectivity index (χ3v) is 1.53. The van der Waals surface area contributed by atoms with Crippen LogP contribution in [-0.4, -0.2) is 28.5 Å². The van der Waals surface area contributed by atoms with Gasteiger partial charge in [0.15, 0.2) is 0 Å². The predicted molar refractivity (Wildman–Crippen MR) is 29.2 cm³/mol. The fourth-order valence-electron chi connectivity index (χ4n) is 1.03. The van der Waals surface area contributed by atoms with E-state index >= 15 is 0 Å². The van der Waals surface area contributed by atoms with Gasteiger partial charge in [-0.25, -0.2) is 0 Å². The van der Waals surface area contributed by atoms with Gasteiger partial charge in [0.05, 0.1) is 12.2 Å². The first-order valence-electron chi connectivity index (χ1n) is 2.82. The molecular formula is C5H11NO2. The van der Waals surface area contributed by atoms with Crippen LogP contribution < -0.4 is 5.73 Å². The Balaban J connectivity index is 2.39. The molecule has 0 amide bonds. The fourth-order valence-corrected chi connectivity index (χ4v) is 1.03. The lowest BCUT2D eigenvalue weighted by Gasteiger charge is -2.02. The normalized spacial score (nSPS) is 47.6. The summed E-state index contributed by atoms with van der Waals surface area (Å²) in [5.74, 6) is 0. The summed E-state index contributed by atoms with van der Waals surface area (Å²) in [6, 6.07) is -0.000000000000000444. The maximum absolute atomic E-state index is 8.84. The molecule has 0 spiro atoms. The summed E-state index contributed by atoms with van der Waals surface area (Å²) < 4.78 is 0. The highest BCUT2D eigenvalue weighted by Crippen LogP contribution is 2.17. The van der Waals surface area contributed by atoms with Crippen molar-refractivity contribution in [2.45, 2.75) is 31.1 Å². The lowest BCUT2D eigenvalue weighted by Crippen LogP contribution is -2.17. The van der Waals surface area contributed by atoms with Crippen molar-refractivity contribution in [2.75, 3.05) is 0 Å². The summed E-state index contributed by atoms with van der Waals surface area (Å²) in [7, 11) is 0. The van der Waals surface area contributed by atoms with Crippen molar-refractivity contribution < 1.29 is 10.2 Å². The Morgan fingerprint density at radius 1 is 1.12 bits per heavy atom. The molecule has 0 aromatic carbocycles. The fraction of sp³-hybridized carbons (Fsp3) is 1.00. The SMILES string of the molecule is N[C@@H]1C[C@@H](O)[C@@H](O)C1. The highest BCUT2D eigenvalue weighted by atomic mass is 16.3. The molecule has 0 aromatic heterocycles. The lowest BCUT2D eigenvalue weighted by molar-refractivity contribution is 0.0438. The van der Waals surface area contributed by atoms with Crippen molar-refractivity contribution in [3.05, 3.63) is 0 Å². The summed E-state index contributed by atoms with van der Waals surface area (Å²) in [6.45, 7) is 0. The first kappa shape index (κ1) is 6.01. The van der Waals surface area contributed by atoms with Gasteiger partial charge in [-0.15, -0.1) is 0 Å². The molecule has 0 aliphatic heterocycles. The van der Waals surface area contributed by atoms with E-state index in [2.05, 4.69) is 0 Å². The Kier molecular flexibility index (Phi) is 1.51. The van der Waals surface area contributed by atoms with Crippen LogP contribution in [0.1, 0.15) is 12.8 Å². The molecule has 48 valence electrons. The van der Waals surface area contributed by atoms with Crippen LogP contribution in [-0.2, 0) is 0 Å². The third kappa shape index (κ3) is 0.992. The molecule has 1 aliphatic rings. The summed E-state index contributed by atoms with van der Waals surface area (Å²) in [4.78, 5) is 0. The standard InChI is InChI=1S/C5H11NO2/c6-3-1-4(7)5(8)2-3/h3-5,7-8H,1-2,6H2/t3-,4-,5+. The maximum atomic E-state index is 8.84. The van der Waals surface area contributed by atoms with Crippen LogP contribution in [0, 0.1) is 0 Å². The minimum absolute atomic E-state index is 0.000000000000000444. The van der Waals surface area contributed by atoms with E-state index in [1.807, 2.05) is 0 Å². The van der Waals surface area contributed by atoms with E-state index < -0.39 is 12.2 Å². The molecule has 0 aromatic rings. The molecule has 0 bridgehead atoms. The van der Waals surface area contributed by atoms with Crippen molar-refractivity contribution >= 4 is 0 Å². The van der Waals surface area contributed by atoms with Crippen LogP contribution >= 0.6 is 0 Å². The molecule has 3 nitrogen and oxygen atoms in total. The second-order valence-electron chi connectivity index (χ2n) is 2.37. The van der Waals surface area contributed by atoms with Gasteiger partial charge < -0.3 is 15.9 Å². The molecule has 1 rings (SSSR count). The number of nitrogens with two attached hydrogens (primary N) is 1. The number of hydrogen-bond acceptors (Lipinski definition) is 3. The maximum Gasteiger partial charge on any atom is 0.0814 e. The van der Waals surface area contributed by atoms with Crippen molar-refractivity contribution in [1.29, 1.82) is 0 Å². The topological polar surface area (TPSA) is 66.5 Å². The Labute approximate surface area is 48.1 Å². The molecule has 4 N–H and O–H groups in total. The van der Waals surface area contributed by atoms with E-state index in [1.54, 1.807) is 0 Å². The van der Waals surface area contributed by atoms with Crippen LogP contribution in [0.4, 0.5) is 0 Å². The minimum Gasteiger partial charge on any atom is -0.390 e. The number of aliphatic hydroxyl groups is 2. The van der Waals surface area contributed by atoms with Gasteiger partial charge in [-0.2, -0.15) is 0 Å². The smallest absolute Gasteiger partial charge is 0.0814 e. The molecule has 0 unspecified atom stereocenters. The van der Waals surface area contributed by atoms with E-state index in [9.17, 15) is 0 Å². The number of aliphatic hydroxyl groups excluding tert-OH is 2. The van der Waals surface area contributed by atoms with E-state index in [-0.39, 0.29) is 6.04 Å². The zero-order valence-electron chi connectivity index (χ0n) is 4.62. The zero-order valence-corrected chi connectivity index (χ0v) is 4.62. The van der Waals surface area contributed by atoms with Crippen LogP contribution in [0.15, 0.2) is 0 Å². The molecule has 0 heterocycles. The van der Waals surface area contributed by atoms with Crippen LogP contribution in [0.3, 0.4) is 0 Å². The lowest BCUT2D eigenvalue weighted by atomic mass is 10.3. The van der Waals surface area contributed by atoms with Gasteiger partial charge in [0.1, 0.15) is 0 Å². The first-order valence-corrected chi connectivity index (χ1v) is 2.82. The largest absolute Gasteiger partial charge is 0.390 e. The first-order chi connectivity index (χ1) is 3.70. The number of hydrogen-bond donors (Lipinski definition) is 3. The summed E-state index contributed by atoms with van der Waals surface area (Å²) in [5.41, 5.74) is 5.40. The molecule has 1 fully saturated rings. The average molecular weight is 117 g/mol. The highest BCUT2D eigenvalue weighted by molar-refractivity contribution is 4.84. The molecular weight excluding hydrogens is 106 g/mol. The van der Waals surface area contributed by atoms with Crippen LogP contribution in [0.2, 0.25) is 0 Å². The molecule has 8 heavy (non-hydrogen) atoms. The van der Waals surface area contributed by atoms with Gasteiger partial charge in [-0.3, -0.25) is 0 Å². The van der Waals surface area contributed by atoms with Gasteiger partial charge >= 0.3 is 0 Å².